The lowest BCUT2D eigenvalue weighted by molar-refractivity contribution is 0.318. The molecule has 1 aliphatic rings. The average molecular weight is 253 g/mol. The minimum Gasteiger partial charge on any atom is -0.411 e. The highest BCUT2D eigenvalue weighted by atomic mass is 35.5. The Morgan fingerprint density at radius 2 is 2.29 bits per heavy atom. The molecule has 1 heterocycles. The topological polar surface area (TPSA) is 44.6 Å². The molecule has 0 fully saturated rings. The van der Waals surface area contributed by atoms with E-state index in [-0.39, 0.29) is 6.04 Å². The maximum absolute atomic E-state index is 8.67. The third-order valence-corrected chi connectivity index (χ3v) is 3.44. The molecule has 0 aromatic heterocycles. The lowest BCUT2D eigenvalue weighted by Gasteiger charge is -2.12. The third kappa shape index (κ3) is 2.61. The van der Waals surface area contributed by atoms with Crippen LogP contribution in [0.1, 0.15) is 49.4 Å². The largest absolute Gasteiger partial charge is 0.411 e. The Kier molecular flexibility index (Phi) is 4.02. The Labute approximate surface area is 106 Å². The van der Waals surface area contributed by atoms with Crippen LogP contribution in [0.2, 0.25) is 5.02 Å². The first kappa shape index (κ1) is 12.4. The summed E-state index contributed by atoms with van der Waals surface area (Å²) in [6, 6.07) is 6.20. The van der Waals surface area contributed by atoms with Crippen LogP contribution in [0.15, 0.2) is 23.4 Å². The zero-order valence-electron chi connectivity index (χ0n) is 9.86. The molecule has 2 N–H and O–H groups in total. The zero-order valence-corrected chi connectivity index (χ0v) is 10.6. The van der Waals surface area contributed by atoms with Gasteiger partial charge in [0.05, 0.1) is 12.3 Å². The van der Waals surface area contributed by atoms with E-state index in [0.29, 0.717) is 6.04 Å². The number of hydrogen-bond donors (Lipinski definition) is 2. The Hall–Kier alpha value is -1.06. The van der Waals surface area contributed by atoms with Gasteiger partial charge in [-0.1, -0.05) is 37.4 Å². The van der Waals surface area contributed by atoms with Crippen molar-refractivity contribution in [1.29, 1.82) is 0 Å². The van der Waals surface area contributed by atoms with E-state index in [1.54, 1.807) is 0 Å². The number of oxime groups is 1. The first-order valence-electron chi connectivity index (χ1n) is 5.99. The summed E-state index contributed by atoms with van der Waals surface area (Å²) in [7, 11) is 0. The summed E-state index contributed by atoms with van der Waals surface area (Å²) in [5.74, 6) is 0. The van der Waals surface area contributed by atoms with Gasteiger partial charge >= 0.3 is 0 Å². The van der Waals surface area contributed by atoms with Gasteiger partial charge < -0.3 is 5.21 Å². The lowest BCUT2D eigenvalue weighted by Crippen LogP contribution is -2.18. The molecule has 17 heavy (non-hydrogen) atoms. The molecule has 2 rings (SSSR count). The highest BCUT2D eigenvalue weighted by Crippen LogP contribution is 2.36. The van der Waals surface area contributed by atoms with Crippen molar-refractivity contribution < 1.29 is 5.21 Å². The molecule has 4 heteroatoms. The molecule has 92 valence electrons. The quantitative estimate of drug-likeness (QED) is 0.488. The summed E-state index contributed by atoms with van der Waals surface area (Å²) < 4.78 is 0. The summed E-state index contributed by atoms with van der Waals surface area (Å²) in [4.78, 5) is 0. The lowest BCUT2D eigenvalue weighted by atomic mass is 9.99. The molecule has 3 nitrogen and oxygen atoms in total. The highest BCUT2D eigenvalue weighted by Gasteiger charge is 2.28. The van der Waals surface area contributed by atoms with Gasteiger partial charge in [-0.3, -0.25) is 5.32 Å². The van der Waals surface area contributed by atoms with E-state index in [0.717, 1.165) is 17.0 Å². The smallest absolute Gasteiger partial charge is 0.0722 e. The van der Waals surface area contributed by atoms with E-state index in [4.69, 9.17) is 16.8 Å². The first-order valence-corrected chi connectivity index (χ1v) is 6.37. The van der Waals surface area contributed by atoms with E-state index in [1.165, 1.54) is 24.6 Å². The van der Waals surface area contributed by atoms with E-state index in [1.807, 2.05) is 18.2 Å². The van der Waals surface area contributed by atoms with Crippen molar-refractivity contribution in [1.82, 2.24) is 5.32 Å². The summed E-state index contributed by atoms with van der Waals surface area (Å²) in [6.45, 7) is 2.18. The average Bonchev–Trinajstić information content (AvgIpc) is 2.65. The van der Waals surface area contributed by atoms with Gasteiger partial charge in [0.15, 0.2) is 0 Å². The van der Waals surface area contributed by atoms with Crippen LogP contribution in [0.4, 0.5) is 0 Å². The van der Waals surface area contributed by atoms with Crippen molar-refractivity contribution in [3.8, 4) is 0 Å². The molecule has 0 bridgehead atoms. The monoisotopic (exact) mass is 252 g/mol. The van der Waals surface area contributed by atoms with Gasteiger partial charge in [-0.15, -0.1) is 5.16 Å². The van der Waals surface area contributed by atoms with Crippen molar-refractivity contribution in [3.05, 3.63) is 34.3 Å². The van der Waals surface area contributed by atoms with Crippen LogP contribution in [0.3, 0.4) is 0 Å². The van der Waals surface area contributed by atoms with Gasteiger partial charge in [0.1, 0.15) is 0 Å². The third-order valence-electron chi connectivity index (χ3n) is 3.20. The van der Waals surface area contributed by atoms with Crippen molar-refractivity contribution in [2.24, 2.45) is 5.16 Å². The minimum absolute atomic E-state index is 0.00544. The maximum Gasteiger partial charge on any atom is 0.0722 e. The van der Waals surface area contributed by atoms with E-state index in [9.17, 15) is 0 Å². The molecule has 0 saturated heterocycles. The van der Waals surface area contributed by atoms with E-state index < -0.39 is 0 Å². The number of hydrogen-bond acceptors (Lipinski definition) is 3. The molecule has 1 aromatic carbocycles. The van der Waals surface area contributed by atoms with Crippen LogP contribution in [0.25, 0.3) is 0 Å². The number of rotatable bonds is 4. The van der Waals surface area contributed by atoms with Crippen molar-refractivity contribution in [2.75, 3.05) is 0 Å². The van der Waals surface area contributed by atoms with Gasteiger partial charge in [-0.25, -0.2) is 0 Å². The summed E-state index contributed by atoms with van der Waals surface area (Å²) in [6.07, 6.45) is 4.96. The number of halogens is 1. The number of fused-ring (bicyclic) bond motifs is 1. The molecule has 0 saturated carbocycles. The van der Waals surface area contributed by atoms with Crippen LogP contribution < -0.4 is 5.32 Å². The predicted molar refractivity (Wildman–Crippen MR) is 69.9 cm³/mol. The SMILES string of the molecule is CCCCC1NC(/C=N\O)c2ccc(Cl)cc21. The Bertz CT molecular complexity index is 420. The summed E-state index contributed by atoms with van der Waals surface area (Å²) >= 11 is 6.04. The maximum atomic E-state index is 8.67. The van der Waals surface area contributed by atoms with Crippen LogP contribution in [0, 0.1) is 0 Å². The Balaban J connectivity index is 2.27. The summed E-state index contributed by atoms with van der Waals surface area (Å²) in [5.41, 5.74) is 2.39. The molecular formula is C13H17ClN2O. The van der Waals surface area contributed by atoms with Gasteiger partial charge in [0, 0.05) is 11.1 Å². The highest BCUT2D eigenvalue weighted by molar-refractivity contribution is 6.30. The fraction of sp³-hybridized carbons (Fsp3) is 0.462. The fourth-order valence-corrected chi connectivity index (χ4v) is 2.54. The van der Waals surface area contributed by atoms with E-state index >= 15 is 0 Å². The van der Waals surface area contributed by atoms with Gasteiger partial charge in [0.2, 0.25) is 0 Å². The number of nitrogens with zero attached hydrogens (tertiary/aromatic N) is 1. The van der Waals surface area contributed by atoms with Gasteiger partial charge in [-0.2, -0.15) is 0 Å². The van der Waals surface area contributed by atoms with Crippen LogP contribution in [0.5, 0.6) is 0 Å². The molecule has 0 aliphatic carbocycles. The fourth-order valence-electron chi connectivity index (χ4n) is 2.36. The molecule has 0 radical (unpaired) electrons. The van der Waals surface area contributed by atoms with Gasteiger partial charge in [0.25, 0.3) is 0 Å². The Morgan fingerprint density at radius 3 is 3.00 bits per heavy atom. The van der Waals surface area contributed by atoms with Crippen molar-refractivity contribution in [2.45, 2.75) is 38.3 Å². The van der Waals surface area contributed by atoms with Gasteiger partial charge in [-0.05, 0) is 29.7 Å². The standard InChI is InChI=1S/C13H17ClN2O/c1-2-3-4-12-11-7-9(14)5-6-10(11)13(16-12)8-15-17/h5-8,12-13,16-17H,2-4H2,1H3/b15-8-. The molecule has 1 aromatic rings. The minimum atomic E-state index is -0.00544. The molecule has 2 unspecified atom stereocenters. The van der Waals surface area contributed by atoms with Crippen LogP contribution >= 0.6 is 11.6 Å². The second kappa shape index (κ2) is 5.52. The second-order valence-corrected chi connectivity index (χ2v) is 4.81. The Morgan fingerprint density at radius 1 is 1.47 bits per heavy atom. The molecule has 0 spiro atoms. The molecule has 2 atom stereocenters. The molecular weight excluding hydrogens is 236 g/mol. The van der Waals surface area contributed by atoms with Crippen molar-refractivity contribution in [3.63, 3.8) is 0 Å². The van der Waals surface area contributed by atoms with Crippen molar-refractivity contribution >= 4 is 17.8 Å². The number of nitrogens with one attached hydrogen (secondary N) is 1. The number of unbranched alkanes of at least 4 members (excludes halogenated alkanes) is 1. The van der Waals surface area contributed by atoms with Crippen LogP contribution in [-0.2, 0) is 0 Å². The zero-order chi connectivity index (χ0) is 12.3. The first-order chi connectivity index (χ1) is 8.26. The molecule has 0 amide bonds. The summed E-state index contributed by atoms with van der Waals surface area (Å²) in [5, 5.41) is 16.0. The number of benzene rings is 1. The van der Waals surface area contributed by atoms with E-state index in [2.05, 4.69) is 17.4 Å². The normalized spacial score (nSPS) is 23.2. The predicted octanol–water partition coefficient (Wildman–Crippen LogP) is 3.68. The second-order valence-electron chi connectivity index (χ2n) is 4.38. The van der Waals surface area contributed by atoms with Crippen LogP contribution in [-0.4, -0.2) is 11.4 Å². The molecule has 1 aliphatic heterocycles.